The summed E-state index contributed by atoms with van der Waals surface area (Å²) in [7, 11) is 0. The van der Waals surface area contributed by atoms with E-state index < -0.39 is 0 Å². The van der Waals surface area contributed by atoms with Crippen molar-refractivity contribution in [2.45, 2.75) is 65.3 Å². The number of hydrogen-bond acceptors (Lipinski definition) is 4. The molecule has 0 heterocycles. The molecule has 1 aliphatic rings. The number of rotatable bonds is 8. The number of amides is 2. The van der Waals surface area contributed by atoms with E-state index in [4.69, 9.17) is 4.74 Å². The van der Waals surface area contributed by atoms with Crippen molar-refractivity contribution in [1.29, 1.82) is 0 Å². The van der Waals surface area contributed by atoms with Crippen LogP contribution in [-0.4, -0.2) is 30.2 Å². The molecular formula is C21H30N2O4. The van der Waals surface area contributed by atoms with Crippen molar-refractivity contribution in [3.05, 3.63) is 23.8 Å². The molecule has 1 saturated carbocycles. The van der Waals surface area contributed by atoms with Crippen LogP contribution in [-0.2, 0) is 9.59 Å². The van der Waals surface area contributed by atoms with Gasteiger partial charge < -0.3 is 15.4 Å². The molecule has 0 unspecified atom stereocenters. The molecule has 0 saturated heterocycles. The molecule has 6 nitrogen and oxygen atoms in total. The molecule has 0 aromatic heterocycles. The molecule has 0 spiro atoms. The summed E-state index contributed by atoms with van der Waals surface area (Å²) in [6, 6.07) is 5.09. The fourth-order valence-corrected chi connectivity index (χ4v) is 3.28. The summed E-state index contributed by atoms with van der Waals surface area (Å²) in [5.41, 5.74) is 0.898. The van der Waals surface area contributed by atoms with Gasteiger partial charge in [-0.1, -0.05) is 13.8 Å². The summed E-state index contributed by atoms with van der Waals surface area (Å²) >= 11 is 0. The number of ketones is 1. The zero-order valence-electron chi connectivity index (χ0n) is 16.5. The second-order valence-corrected chi connectivity index (χ2v) is 7.38. The smallest absolute Gasteiger partial charge is 0.258 e. The molecule has 27 heavy (non-hydrogen) atoms. The summed E-state index contributed by atoms with van der Waals surface area (Å²) in [5, 5.41) is 5.77. The van der Waals surface area contributed by atoms with Gasteiger partial charge in [-0.2, -0.15) is 0 Å². The monoisotopic (exact) mass is 374 g/mol. The molecule has 0 aliphatic heterocycles. The highest BCUT2D eigenvalue weighted by molar-refractivity contribution is 5.99. The topological polar surface area (TPSA) is 84.5 Å². The van der Waals surface area contributed by atoms with E-state index in [0.717, 1.165) is 38.0 Å². The van der Waals surface area contributed by atoms with Gasteiger partial charge in [-0.25, -0.2) is 0 Å². The van der Waals surface area contributed by atoms with E-state index in [9.17, 15) is 14.4 Å². The first kappa shape index (κ1) is 20.9. The molecule has 2 rings (SSSR count). The van der Waals surface area contributed by atoms with E-state index in [0.29, 0.717) is 23.4 Å². The lowest BCUT2D eigenvalue weighted by Gasteiger charge is -2.26. The van der Waals surface area contributed by atoms with Crippen LogP contribution in [0.15, 0.2) is 18.2 Å². The number of carbonyl (C=O) groups is 3. The summed E-state index contributed by atoms with van der Waals surface area (Å²) in [6.07, 6.45) is 5.43. The minimum absolute atomic E-state index is 0.0955. The number of benzene rings is 1. The van der Waals surface area contributed by atoms with Gasteiger partial charge in [-0.3, -0.25) is 14.4 Å². The highest BCUT2D eigenvalue weighted by atomic mass is 16.5. The Morgan fingerprint density at radius 3 is 2.44 bits per heavy atom. The van der Waals surface area contributed by atoms with Crippen LogP contribution in [0.2, 0.25) is 0 Å². The highest BCUT2D eigenvalue weighted by Gasteiger charge is 2.20. The van der Waals surface area contributed by atoms with Crippen LogP contribution in [0.3, 0.4) is 0 Å². The minimum Gasteiger partial charge on any atom is -0.483 e. The Hall–Kier alpha value is -2.37. The Kier molecular flexibility index (Phi) is 7.82. The molecule has 2 amide bonds. The first-order chi connectivity index (χ1) is 12.9. The van der Waals surface area contributed by atoms with Crippen LogP contribution < -0.4 is 15.4 Å². The van der Waals surface area contributed by atoms with E-state index in [1.807, 2.05) is 6.92 Å². The van der Waals surface area contributed by atoms with Crippen LogP contribution in [0.5, 0.6) is 5.75 Å². The molecule has 0 bridgehead atoms. The number of ether oxygens (including phenoxy) is 1. The summed E-state index contributed by atoms with van der Waals surface area (Å²) in [4.78, 5) is 35.8. The molecule has 2 N–H and O–H groups in total. The molecule has 1 fully saturated rings. The Balaban J connectivity index is 1.93. The molecule has 148 valence electrons. The maximum Gasteiger partial charge on any atom is 0.258 e. The van der Waals surface area contributed by atoms with Crippen molar-refractivity contribution in [3.8, 4) is 5.75 Å². The van der Waals surface area contributed by atoms with Crippen LogP contribution in [0.1, 0.15) is 69.7 Å². The standard InChI is InChI=1S/C21H30N2O4/c1-4-5-20(25)23-17-10-11-19(18(12-17)15(3)24)27-13-21(26)22-16-8-6-14(2)7-9-16/h10-12,14,16H,4-9,13H2,1-3H3,(H,22,26)(H,23,25). The van der Waals surface area contributed by atoms with Crippen molar-refractivity contribution in [1.82, 2.24) is 5.32 Å². The third-order valence-electron chi connectivity index (χ3n) is 4.86. The average Bonchev–Trinajstić information content (AvgIpc) is 2.62. The van der Waals surface area contributed by atoms with Crippen LogP contribution >= 0.6 is 0 Å². The lowest BCUT2D eigenvalue weighted by Crippen LogP contribution is -2.39. The van der Waals surface area contributed by atoms with Gasteiger partial charge in [0.2, 0.25) is 5.91 Å². The van der Waals surface area contributed by atoms with E-state index in [1.54, 1.807) is 18.2 Å². The lowest BCUT2D eigenvalue weighted by atomic mass is 9.87. The predicted octanol–water partition coefficient (Wildman–Crippen LogP) is 3.70. The highest BCUT2D eigenvalue weighted by Crippen LogP contribution is 2.25. The SMILES string of the molecule is CCCC(=O)Nc1ccc(OCC(=O)NC2CCC(C)CC2)c(C(C)=O)c1. The van der Waals surface area contributed by atoms with Crippen LogP contribution in [0, 0.1) is 5.92 Å². The first-order valence-corrected chi connectivity index (χ1v) is 9.76. The van der Waals surface area contributed by atoms with Gasteiger partial charge in [-0.05, 0) is 63.1 Å². The van der Waals surface area contributed by atoms with Gasteiger partial charge in [0.1, 0.15) is 5.75 Å². The van der Waals surface area contributed by atoms with Crippen LogP contribution in [0.25, 0.3) is 0 Å². The second kappa shape index (κ2) is 10.1. The van der Waals surface area contributed by atoms with Gasteiger partial charge in [0.05, 0.1) is 5.56 Å². The molecular weight excluding hydrogens is 344 g/mol. The fourth-order valence-electron chi connectivity index (χ4n) is 3.28. The van der Waals surface area contributed by atoms with E-state index in [1.165, 1.54) is 6.92 Å². The van der Waals surface area contributed by atoms with Gasteiger partial charge >= 0.3 is 0 Å². The molecule has 0 atom stereocenters. The number of Topliss-reactive ketones (excluding diaryl/α,β-unsaturated/α-hetero) is 1. The zero-order valence-corrected chi connectivity index (χ0v) is 16.5. The summed E-state index contributed by atoms with van der Waals surface area (Å²) in [5.74, 6) is 0.622. The molecule has 1 aromatic carbocycles. The van der Waals surface area contributed by atoms with Crippen LogP contribution in [0.4, 0.5) is 5.69 Å². The average molecular weight is 374 g/mol. The molecule has 6 heteroatoms. The number of nitrogens with one attached hydrogen (secondary N) is 2. The quantitative estimate of drug-likeness (QED) is 0.680. The number of carbonyl (C=O) groups excluding carboxylic acids is 3. The van der Waals surface area contributed by atoms with Crippen molar-refractivity contribution in [3.63, 3.8) is 0 Å². The third kappa shape index (κ3) is 6.70. The van der Waals surface area contributed by atoms with E-state index >= 15 is 0 Å². The second-order valence-electron chi connectivity index (χ2n) is 7.38. The van der Waals surface area contributed by atoms with Crippen molar-refractivity contribution >= 4 is 23.3 Å². The van der Waals surface area contributed by atoms with Crippen molar-refractivity contribution < 1.29 is 19.1 Å². The summed E-state index contributed by atoms with van der Waals surface area (Å²) < 4.78 is 5.58. The van der Waals surface area contributed by atoms with Crippen molar-refractivity contribution in [2.75, 3.05) is 11.9 Å². The first-order valence-electron chi connectivity index (χ1n) is 9.76. The molecule has 1 aromatic rings. The van der Waals surface area contributed by atoms with E-state index in [2.05, 4.69) is 17.6 Å². The normalized spacial score (nSPS) is 19.2. The van der Waals surface area contributed by atoms with Gasteiger partial charge in [0.15, 0.2) is 12.4 Å². The van der Waals surface area contributed by atoms with Crippen molar-refractivity contribution in [2.24, 2.45) is 5.92 Å². The molecule has 0 radical (unpaired) electrons. The lowest BCUT2D eigenvalue weighted by molar-refractivity contribution is -0.124. The summed E-state index contributed by atoms with van der Waals surface area (Å²) in [6.45, 7) is 5.46. The van der Waals surface area contributed by atoms with Gasteiger partial charge in [-0.15, -0.1) is 0 Å². The van der Waals surface area contributed by atoms with E-state index in [-0.39, 0.29) is 30.2 Å². The minimum atomic E-state index is -0.182. The Morgan fingerprint density at radius 1 is 1.11 bits per heavy atom. The number of anilines is 1. The predicted molar refractivity (Wildman–Crippen MR) is 105 cm³/mol. The zero-order chi connectivity index (χ0) is 19.8. The maximum atomic E-state index is 12.2. The largest absolute Gasteiger partial charge is 0.483 e. The Morgan fingerprint density at radius 2 is 1.81 bits per heavy atom. The maximum absolute atomic E-state index is 12.2. The Bertz CT molecular complexity index is 679. The number of hydrogen-bond donors (Lipinski definition) is 2. The Labute approximate surface area is 161 Å². The molecule has 1 aliphatic carbocycles. The van der Waals surface area contributed by atoms with Gasteiger partial charge in [0, 0.05) is 18.2 Å². The van der Waals surface area contributed by atoms with Gasteiger partial charge in [0.25, 0.3) is 5.91 Å². The third-order valence-corrected chi connectivity index (χ3v) is 4.86. The fraction of sp³-hybridized carbons (Fsp3) is 0.571.